The average Bonchev–Trinajstić information content (AvgIpc) is 2.26. The predicted octanol–water partition coefficient (Wildman–Crippen LogP) is 2.84. The van der Waals surface area contributed by atoms with Gasteiger partial charge in [-0.3, -0.25) is 0 Å². The summed E-state index contributed by atoms with van der Waals surface area (Å²) in [5.41, 5.74) is 0. The number of hydrogen-bond donors (Lipinski definition) is 0. The summed E-state index contributed by atoms with van der Waals surface area (Å²) in [6.07, 6.45) is 8.58. The molecule has 1 heterocycles. The molecule has 0 bridgehead atoms. The summed E-state index contributed by atoms with van der Waals surface area (Å²) in [5.74, 6) is 0. The zero-order valence-electron chi connectivity index (χ0n) is 10.7. The standard InChI is InChI=1S/C11H24O4Si/c1-4-5-6-7-8-9-10-11-14-16(12-2,13-3)15-11/h11H,4-10H2,1-3H3. The first kappa shape index (κ1) is 14.1. The second-order valence-electron chi connectivity index (χ2n) is 4.13. The molecule has 0 aromatic rings. The first-order chi connectivity index (χ1) is 7.76. The van der Waals surface area contributed by atoms with E-state index < -0.39 is 9.05 Å². The summed E-state index contributed by atoms with van der Waals surface area (Å²) in [4.78, 5) is 0. The Morgan fingerprint density at radius 2 is 1.50 bits per heavy atom. The molecule has 0 radical (unpaired) electrons. The largest absolute Gasteiger partial charge is 0.683 e. The number of hydrogen-bond acceptors (Lipinski definition) is 4. The van der Waals surface area contributed by atoms with Gasteiger partial charge in [-0.15, -0.1) is 0 Å². The second-order valence-corrected chi connectivity index (χ2v) is 6.42. The molecule has 16 heavy (non-hydrogen) atoms. The van der Waals surface area contributed by atoms with E-state index in [0.717, 1.165) is 12.8 Å². The molecule has 1 fully saturated rings. The second kappa shape index (κ2) is 7.40. The molecule has 0 atom stereocenters. The summed E-state index contributed by atoms with van der Waals surface area (Å²) >= 11 is 0. The lowest BCUT2D eigenvalue weighted by atomic mass is 10.1. The highest BCUT2D eigenvalue weighted by Gasteiger charge is 2.56. The fourth-order valence-corrected chi connectivity index (χ4v) is 3.26. The maximum atomic E-state index is 5.53. The van der Waals surface area contributed by atoms with Crippen molar-refractivity contribution in [1.29, 1.82) is 0 Å². The van der Waals surface area contributed by atoms with Crippen molar-refractivity contribution in [2.24, 2.45) is 0 Å². The zero-order valence-corrected chi connectivity index (χ0v) is 11.7. The molecular formula is C11H24O4Si. The van der Waals surface area contributed by atoms with Crippen LogP contribution in [0.4, 0.5) is 0 Å². The van der Waals surface area contributed by atoms with Crippen LogP contribution in [0.5, 0.6) is 0 Å². The van der Waals surface area contributed by atoms with Gasteiger partial charge in [-0.1, -0.05) is 39.0 Å². The van der Waals surface area contributed by atoms with Crippen LogP contribution in [0.25, 0.3) is 0 Å². The topological polar surface area (TPSA) is 36.9 Å². The van der Waals surface area contributed by atoms with E-state index in [-0.39, 0.29) is 6.29 Å². The molecule has 0 N–H and O–H groups in total. The van der Waals surface area contributed by atoms with Crippen molar-refractivity contribution >= 4 is 9.05 Å². The Morgan fingerprint density at radius 1 is 0.938 bits per heavy atom. The van der Waals surface area contributed by atoms with E-state index in [0.29, 0.717) is 0 Å². The minimum absolute atomic E-state index is 0.0993. The van der Waals surface area contributed by atoms with Crippen LogP contribution in [0.1, 0.15) is 51.9 Å². The predicted molar refractivity (Wildman–Crippen MR) is 63.7 cm³/mol. The van der Waals surface area contributed by atoms with Gasteiger partial charge in [0.2, 0.25) is 0 Å². The fraction of sp³-hybridized carbons (Fsp3) is 1.00. The molecule has 0 unspecified atom stereocenters. The third kappa shape index (κ3) is 4.14. The van der Waals surface area contributed by atoms with Crippen LogP contribution in [-0.4, -0.2) is 29.6 Å². The smallest absolute Gasteiger partial charge is 0.354 e. The van der Waals surface area contributed by atoms with Crippen molar-refractivity contribution in [3.05, 3.63) is 0 Å². The molecule has 1 saturated heterocycles. The van der Waals surface area contributed by atoms with Crippen molar-refractivity contribution in [1.82, 2.24) is 0 Å². The van der Waals surface area contributed by atoms with E-state index in [1.807, 2.05) is 0 Å². The lowest BCUT2D eigenvalue weighted by Gasteiger charge is -2.40. The highest BCUT2D eigenvalue weighted by Crippen LogP contribution is 2.28. The molecule has 0 aliphatic carbocycles. The van der Waals surface area contributed by atoms with Gasteiger partial charge in [-0.25, -0.2) is 0 Å². The summed E-state index contributed by atoms with van der Waals surface area (Å²) < 4.78 is 21.2. The third-order valence-electron chi connectivity index (χ3n) is 2.84. The molecule has 0 amide bonds. The quantitative estimate of drug-likeness (QED) is 0.464. The van der Waals surface area contributed by atoms with Gasteiger partial charge in [0.05, 0.1) is 0 Å². The Morgan fingerprint density at radius 3 is 2.06 bits per heavy atom. The van der Waals surface area contributed by atoms with Gasteiger partial charge in [-0.05, 0) is 12.8 Å². The molecule has 5 heteroatoms. The van der Waals surface area contributed by atoms with Gasteiger partial charge in [0, 0.05) is 14.2 Å². The lowest BCUT2D eigenvalue weighted by molar-refractivity contribution is -0.220. The summed E-state index contributed by atoms with van der Waals surface area (Å²) in [6, 6.07) is 0. The summed E-state index contributed by atoms with van der Waals surface area (Å²) in [6.45, 7) is 2.23. The van der Waals surface area contributed by atoms with E-state index in [9.17, 15) is 0 Å². The molecular weight excluding hydrogens is 224 g/mol. The van der Waals surface area contributed by atoms with Gasteiger partial charge in [0.1, 0.15) is 6.29 Å². The molecule has 0 spiro atoms. The SMILES string of the molecule is CCCCCCCCC1O[Si](OC)(OC)O1. The van der Waals surface area contributed by atoms with Crippen LogP contribution in [0, 0.1) is 0 Å². The van der Waals surface area contributed by atoms with Crippen LogP contribution < -0.4 is 0 Å². The normalized spacial score (nSPS) is 19.7. The van der Waals surface area contributed by atoms with E-state index in [2.05, 4.69) is 6.92 Å². The highest BCUT2D eigenvalue weighted by atomic mass is 28.4. The van der Waals surface area contributed by atoms with Crippen LogP contribution in [0.15, 0.2) is 0 Å². The van der Waals surface area contributed by atoms with Crippen LogP contribution >= 0.6 is 0 Å². The highest BCUT2D eigenvalue weighted by molar-refractivity contribution is 6.55. The third-order valence-corrected chi connectivity index (χ3v) is 4.95. The van der Waals surface area contributed by atoms with E-state index in [1.54, 1.807) is 14.2 Å². The van der Waals surface area contributed by atoms with Crippen LogP contribution in [-0.2, 0) is 17.7 Å². The maximum absolute atomic E-state index is 5.53. The van der Waals surface area contributed by atoms with E-state index in [4.69, 9.17) is 17.7 Å². The first-order valence-electron chi connectivity index (χ1n) is 6.22. The van der Waals surface area contributed by atoms with Crippen molar-refractivity contribution < 1.29 is 17.7 Å². The van der Waals surface area contributed by atoms with Crippen LogP contribution in [0.3, 0.4) is 0 Å². The van der Waals surface area contributed by atoms with Crippen molar-refractivity contribution in [2.75, 3.05) is 14.2 Å². The Hall–Kier alpha value is 0.0569. The van der Waals surface area contributed by atoms with Crippen molar-refractivity contribution in [2.45, 2.75) is 58.2 Å². The molecule has 0 aromatic heterocycles. The molecule has 1 aliphatic heterocycles. The van der Waals surface area contributed by atoms with Crippen LogP contribution in [0.2, 0.25) is 0 Å². The molecule has 4 nitrogen and oxygen atoms in total. The van der Waals surface area contributed by atoms with E-state index in [1.165, 1.54) is 32.1 Å². The fourth-order valence-electron chi connectivity index (χ4n) is 1.82. The van der Waals surface area contributed by atoms with Crippen molar-refractivity contribution in [3.8, 4) is 0 Å². The van der Waals surface area contributed by atoms with Gasteiger partial charge >= 0.3 is 9.05 Å². The summed E-state index contributed by atoms with van der Waals surface area (Å²) in [7, 11) is 0.497. The van der Waals surface area contributed by atoms with Gasteiger partial charge in [-0.2, -0.15) is 0 Å². The Labute approximate surface area is 99.7 Å². The maximum Gasteiger partial charge on any atom is 0.683 e. The number of rotatable bonds is 9. The lowest BCUT2D eigenvalue weighted by Crippen LogP contribution is -2.62. The Bertz CT molecular complexity index is 177. The molecule has 1 aliphatic rings. The molecule has 0 aromatic carbocycles. The number of unbranched alkanes of at least 4 members (excludes halogenated alkanes) is 5. The molecule has 0 saturated carbocycles. The Balaban J connectivity index is 1.93. The van der Waals surface area contributed by atoms with Gasteiger partial charge in [0.15, 0.2) is 0 Å². The zero-order chi connectivity index (χ0) is 11.9. The average molecular weight is 248 g/mol. The monoisotopic (exact) mass is 248 g/mol. The molecule has 1 rings (SSSR count). The van der Waals surface area contributed by atoms with E-state index >= 15 is 0 Å². The van der Waals surface area contributed by atoms with Gasteiger partial charge < -0.3 is 17.7 Å². The summed E-state index contributed by atoms with van der Waals surface area (Å²) in [5, 5.41) is 0. The van der Waals surface area contributed by atoms with Gasteiger partial charge in [0.25, 0.3) is 0 Å². The first-order valence-corrected chi connectivity index (χ1v) is 7.85. The minimum Gasteiger partial charge on any atom is -0.354 e. The molecule has 96 valence electrons. The minimum atomic E-state index is -2.63. The van der Waals surface area contributed by atoms with Crippen molar-refractivity contribution in [3.63, 3.8) is 0 Å². The Kier molecular flexibility index (Phi) is 6.53.